The number of carboxylic acids is 1. The number of carboxylic acid groups (broad SMARTS) is 1. The number of benzene rings is 2. The molecule has 0 aliphatic carbocycles. The van der Waals surface area contributed by atoms with E-state index in [9.17, 15) is 0 Å². The van der Waals surface area contributed by atoms with Gasteiger partial charge in [0.25, 0.3) is 0 Å². The number of aliphatic carboxylic acids is 1. The van der Waals surface area contributed by atoms with Crippen LogP contribution in [-0.4, -0.2) is 42.7 Å². The maximum absolute atomic E-state index is 9.01. The predicted octanol–water partition coefficient (Wildman–Crippen LogP) is 3.05. The first kappa shape index (κ1) is 29.5. The monoisotopic (exact) mass is 560 g/mol. The first-order valence-electron chi connectivity index (χ1n) is 10.7. The fourth-order valence-corrected chi connectivity index (χ4v) is 3.36. The van der Waals surface area contributed by atoms with Gasteiger partial charge in [0.15, 0.2) is 0 Å². The Morgan fingerprint density at radius 2 is 0.842 bits per heavy atom. The summed E-state index contributed by atoms with van der Waals surface area (Å²) >= 11 is 0. The summed E-state index contributed by atoms with van der Waals surface area (Å²) in [4.78, 5) is 34.6. The summed E-state index contributed by atoms with van der Waals surface area (Å²) in [5.41, 5.74) is 3.91. The quantitative estimate of drug-likeness (QED) is 0.136. The van der Waals surface area contributed by atoms with Crippen LogP contribution in [0, 0.1) is 15.3 Å². The molecule has 1 N–H and O–H groups in total. The van der Waals surface area contributed by atoms with Gasteiger partial charge in [-0.3, -0.25) is 19.9 Å². The number of carbonyl (C=O) groups excluding carboxylic acids is 1. The molecule has 0 atom stereocenters. The maximum Gasteiger partial charge on any atom is 2.00 e. The number of hydrogen-bond acceptors (Lipinski definition) is 10. The molecule has 195 valence electrons. The zero-order valence-electron chi connectivity index (χ0n) is 19.5. The third-order valence-electron chi connectivity index (χ3n) is 4.82. The van der Waals surface area contributed by atoms with E-state index in [0.717, 1.165) is 43.6 Å². The molecule has 0 aliphatic rings. The normalized spacial score (nSPS) is 9.61. The minimum absolute atomic E-state index is 0. The van der Waals surface area contributed by atoms with Gasteiger partial charge in [-0.2, -0.15) is 0 Å². The molecule has 0 aliphatic heterocycles. The molecular formula is C26H19CuN5O6. The van der Waals surface area contributed by atoms with Crippen LogP contribution in [0.15, 0.2) is 97.6 Å². The number of pyridine rings is 4. The molecule has 6 rings (SSSR count). The first-order valence-corrected chi connectivity index (χ1v) is 10.7. The molecule has 12 heteroatoms. The molecule has 0 unspecified atom stereocenters. The van der Waals surface area contributed by atoms with E-state index in [1.807, 2.05) is 24.3 Å². The van der Waals surface area contributed by atoms with Gasteiger partial charge in [-0.25, -0.2) is 0 Å². The van der Waals surface area contributed by atoms with Crippen LogP contribution in [0.25, 0.3) is 43.6 Å². The van der Waals surface area contributed by atoms with Gasteiger partial charge in [0.2, 0.25) is 0 Å². The number of nitrogens with zero attached hydrogens (tertiary/aromatic N) is 5. The Morgan fingerprint density at radius 3 is 1.03 bits per heavy atom. The summed E-state index contributed by atoms with van der Waals surface area (Å²) in [7, 11) is 0. The summed E-state index contributed by atoms with van der Waals surface area (Å²) in [6.45, 7) is -0.889. The van der Waals surface area contributed by atoms with Crippen LogP contribution >= 0.6 is 0 Å². The Morgan fingerprint density at radius 1 is 0.632 bits per heavy atom. The van der Waals surface area contributed by atoms with Crippen LogP contribution < -0.4 is 5.11 Å². The number of carbonyl (C=O) groups is 1. The number of hydrogen-bond donors (Lipinski definition) is 1. The van der Waals surface area contributed by atoms with E-state index in [-0.39, 0.29) is 17.1 Å². The Kier molecular flexibility index (Phi) is 11.4. The van der Waals surface area contributed by atoms with Gasteiger partial charge in [-0.05, 0) is 24.3 Å². The molecule has 2 aromatic carbocycles. The van der Waals surface area contributed by atoms with Crippen molar-refractivity contribution >= 4 is 49.6 Å². The molecule has 38 heavy (non-hydrogen) atoms. The van der Waals surface area contributed by atoms with E-state index < -0.39 is 17.7 Å². The van der Waals surface area contributed by atoms with Crippen molar-refractivity contribution in [3.63, 3.8) is 0 Å². The first-order chi connectivity index (χ1) is 17.9. The number of aromatic nitrogens is 4. The van der Waals surface area contributed by atoms with Gasteiger partial charge in [-0.1, -0.05) is 48.5 Å². The molecule has 0 saturated heterocycles. The molecule has 0 amide bonds. The number of rotatable bonds is 1. The van der Waals surface area contributed by atoms with Crippen molar-refractivity contribution in [1.29, 1.82) is 0 Å². The zero-order valence-corrected chi connectivity index (χ0v) is 20.4. The van der Waals surface area contributed by atoms with Crippen molar-refractivity contribution in [3.05, 3.63) is 113 Å². The van der Waals surface area contributed by atoms with E-state index in [1.54, 1.807) is 24.8 Å². The van der Waals surface area contributed by atoms with Gasteiger partial charge < -0.3 is 30.3 Å². The van der Waals surface area contributed by atoms with E-state index in [0.29, 0.717) is 0 Å². The van der Waals surface area contributed by atoms with Crippen molar-refractivity contribution in [3.8, 4) is 0 Å². The summed E-state index contributed by atoms with van der Waals surface area (Å²) in [5, 5.41) is 35.8. The third-order valence-corrected chi connectivity index (χ3v) is 4.82. The molecule has 6 aromatic rings. The summed E-state index contributed by atoms with van der Waals surface area (Å²) < 4.78 is 0. The second kappa shape index (κ2) is 14.7. The molecule has 0 saturated carbocycles. The smallest absolute Gasteiger partial charge is 0.548 e. The van der Waals surface area contributed by atoms with E-state index in [4.69, 9.17) is 30.3 Å². The Bertz CT molecular complexity index is 1440. The number of aliphatic hydroxyl groups is 1. The van der Waals surface area contributed by atoms with E-state index in [1.165, 1.54) is 0 Å². The Hall–Kier alpha value is -4.77. The van der Waals surface area contributed by atoms with Crippen LogP contribution in [0.3, 0.4) is 0 Å². The second-order valence-corrected chi connectivity index (χ2v) is 7.19. The number of aliphatic hydroxyl groups excluding tert-OH is 1. The minimum Gasteiger partial charge on any atom is -0.548 e. The van der Waals surface area contributed by atoms with Crippen LogP contribution in [0.1, 0.15) is 0 Å². The Labute approximate surface area is 226 Å². The fraction of sp³-hybridized carbons (Fsp3) is 0.0385. The minimum atomic E-state index is -1.75. The molecule has 4 aromatic heterocycles. The summed E-state index contributed by atoms with van der Waals surface area (Å²) in [6.07, 6.45) is 7.21. The molecule has 1 radical (unpaired) electrons. The average Bonchev–Trinajstić information content (AvgIpc) is 2.93. The molecule has 0 bridgehead atoms. The van der Waals surface area contributed by atoms with E-state index >= 15 is 0 Å². The third kappa shape index (κ3) is 8.13. The van der Waals surface area contributed by atoms with Gasteiger partial charge in [0.1, 0.15) is 0 Å². The van der Waals surface area contributed by atoms with Gasteiger partial charge >= 0.3 is 17.1 Å². The topological polar surface area (TPSA) is 178 Å². The van der Waals surface area contributed by atoms with Gasteiger partial charge in [0.05, 0.1) is 39.7 Å². The van der Waals surface area contributed by atoms with Crippen molar-refractivity contribution in [1.82, 2.24) is 19.9 Å². The van der Waals surface area contributed by atoms with Crippen LogP contribution in [0.5, 0.6) is 0 Å². The van der Waals surface area contributed by atoms with Crippen LogP contribution in [-0.2, 0) is 21.9 Å². The van der Waals surface area contributed by atoms with Crippen molar-refractivity contribution < 1.29 is 37.2 Å². The molecule has 4 heterocycles. The van der Waals surface area contributed by atoms with E-state index in [2.05, 4.69) is 68.5 Å². The zero-order chi connectivity index (χ0) is 26.6. The summed E-state index contributed by atoms with van der Waals surface area (Å²) in [6, 6.07) is 24.3. The van der Waals surface area contributed by atoms with Crippen LogP contribution in [0.2, 0.25) is 0 Å². The predicted molar refractivity (Wildman–Crippen MR) is 137 cm³/mol. The molecule has 0 spiro atoms. The van der Waals surface area contributed by atoms with Crippen molar-refractivity contribution in [2.24, 2.45) is 0 Å². The van der Waals surface area contributed by atoms with Crippen molar-refractivity contribution in [2.45, 2.75) is 0 Å². The van der Waals surface area contributed by atoms with Crippen LogP contribution in [0.4, 0.5) is 0 Å². The van der Waals surface area contributed by atoms with Gasteiger partial charge in [-0.15, -0.1) is 0 Å². The molecule has 0 fully saturated rings. The fourth-order valence-electron chi connectivity index (χ4n) is 3.36. The SMILES string of the molecule is O=C([O-])CO.O=[N+]([O-])[O-].[Cu+2].c1cnc2c(c1)ccc1cccnc12.c1cnc2c(c1)ccc1cccnc12. The standard InChI is InChI=1S/2C12H8N2.C2H4O3.Cu.NO3/c2*1-3-9-5-6-10-4-2-8-14-12(10)11(9)13-7-1;3-1-2(4)5;;2-1(3)4/h2*1-8H;3H,1H2,(H,4,5);;/q;;;+2;-1/p-1. The molecule has 11 nitrogen and oxygen atoms in total. The number of fused-ring (bicyclic) bond motifs is 6. The molecular weight excluding hydrogens is 542 g/mol. The second-order valence-electron chi connectivity index (χ2n) is 7.19. The maximum atomic E-state index is 9.01. The van der Waals surface area contributed by atoms with Crippen molar-refractivity contribution in [2.75, 3.05) is 6.61 Å². The Balaban J connectivity index is 0.000000201. The van der Waals surface area contributed by atoms with Gasteiger partial charge in [0, 0.05) is 46.3 Å². The largest absolute Gasteiger partial charge is 2.00 e. The summed E-state index contributed by atoms with van der Waals surface area (Å²) in [5.74, 6) is -1.44. The average molecular weight is 561 g/mol.